The fourth-order valence-electron chi connectivity index (χ4n) is 2.46. The van der Waals surface area contributed by atoms with E-state index in [0.29, 0.717) is 17.0 Å². The van der Waals surface area contributed by atoms with Crippen molar-refractivity contribution in [2.75, 3.05) is 0 Å². The molecule has 2 rings (SSSR count). The van der Waals surface area contributed by atoms with E-state index in [0.717, 1.165) is 0 Å². The van der Waals surface area contributed by atoms with Crippen molar-refractivity contribution < 1.29 is 22.7 Å². The lowest BCUT2D eigenvalue weighted by molar-refractivity contribution is -0.357. The molecule has 1 aliphatic carbocycles. The van der Waals surface area contributed by atoms with Crippen LogP contribution in [0.4, 0.5) is 13.2 Å². The number of benzene rings is 1. The van der Waals surface area contributed by atoms with Crippen molar-refractivity contribution in [2.24, 2.45) is 0 Å². The summed E-state index contributed by atoms with van der Waals surface area (Å²) >= 11 is 5.81. The Kier molecular flexibility index (Phi) is 3.93. The molecule has 0 saturated carbocycles. The molecule has 0 saturated heterocycles. The second kappa shape index (κ2) is 5.22. The number of hydrogen-bond acceptors (Lipinski definition) is 2. The molecule has 0 N–H and O–H groups in total. The number of carbonyl (C=O) groups is 1. The summed E-state index contributed by atoms with van der Waals surface area (Å²) in [5.74, 6) is -0.696. The zero-order chi connectivity index (χ0) is 15.0. The zero-order valence-corrected chi connectivity index (χ0v) is 11.2. The third kappa shape index (κ3) is 2.88. The van der Waals surface area contributed by atoms with Gasteiger partial charge >= 0.3 is 6.36 Å². The van der Waals surface area contributed by atoms with Crippen LogP contribution in [0.2, 0.25) is 5.02 Å². The number of carbonyl (C=O) groups excluding carboxylic acids is 1. The van der Waals surface area contributed by atoms with E-state index < -0.39 is 17.7 Å². The highest BCUT2D eigenvalue weighted by Crippen LogP contribution is 2.39. The van der Waals surface area contributed by atoms with Gasteiger partial charge in [0.2, 0.25) is 0 Å². The summed E-state index contributed by atoms with van der Waals surface area (Å²) in [7, 11) is 0. The van der Waals surface area contributed by atoms with Crippen molar-refractivity contribution in [3.63, 3.8) is 0 Å². The SMILES string of the molecule is C=CCC1(OC(F)(F)F)CCc2ccc(Cl)cc2C1=O. The number of aryl methyl sites for hydroxylation is 1. The molecule has 1 aliphatic rings. The van der Waals surface area contributed by atoms with Crippen LogP contribution in [0, 0.1) is 0 Å². The predicted molar refractivity (Wildman–Crippen MR) is 68.8 cm³/mol. The molecule has 1 atom stereocenters. The number of rotatable bonds is 3. The minimum Gasteiger partial charge on any atom is -0.291 e. The van der Waals surface area contributed by atoms with Gasteiger partial charge in [0.25, 0.3) is 0 Å². The normalized spacial score (nSPS) is 22.5. The van der Waals surface area contributed by atoms with Gasteiger partial charge in [-0.05, 0) is 30.5 Å². The van der Waals surface area contributed by atoms with Crippen LogP contribution >= 0.6 is 11.6 Å². The summed E-state index contributed by atoms with van der Waals surface area (Å²) in [4.78, 5) is 12.4. The van der Waals surface area contributed by atoms with Crippen molar-refractivity contribution in [2.45, 2.75) is 31.2 Å². The summed E-state index contributed by atoms with van der Waals surface area (Å²) < 4.78 is 42.0. The average molecular weight is 305 g/mol. The van der Waals surface area contributed by atoms with Gasteiger partial charge < -0.3 is 0 Å². The fraction of sp³-hybridized carbons (Fsp3) is 0.357. The van der Waals surface area contributed by atoms with E-state index in [1.54, 1.807) is 12.1 Å². The molecule has 0 aromatic heterocycles. The molecule has 0 amide bonds. The minimum absolute atomic E-state index is 0.0357. The lowest BCUT2D eigenvalue weighted by Crippen LogP contribution is -2.48. The van der Waals surface area contributed by atoms with E-state index in [1.807, 2.05) is 0 Å². The number of hydrogen-bond donors (Lipinski definition) is 0. The van der Waals surface area contributed by atoms with Crippen LogP contribution in [0.3, 0.4) is 0 Å². The van der Waals surface area contributed by atoms with E-state index in [2.05, 4.69) is 11.3 Å². The predicted octanol–water partition coefficient (Wildman–Crippen LogP) is 4.32. The Balaban J connectivity index is 2.45. The van der Waals surface area contributed by atoms with Gasteiger partial charge in [-0.25, -0.2) is 0 Å². The first-order chi connectivity index (χ1) is 9.27. The standard InChI is InChI=1S/C14H12ClF3O2/c1-2-6-13(20-14(16,17)18)7-5-9-3-4-10(15)8-11(9)12(13)19/h2-4,8H,1,5-7H2. The van der Waals surface area contributed by atoms with E-state index in [4.69, 9.17) is 11.6 Å². The van der Waals surface area contributed by atoms with Crippen molar-refractivity contribution in [1.82, 2.24) is 0 Å². The molecule has 6 heteroatoms. The van der Waals surface area contributed by atoms with Gasteiger partial charge in [-0.1, -0.05) is 23.7 Å². The molecule has 1 aromatic rings. The number of halogens is 4. The summed E-state index contributed by atoms with van der Waals surface area (Å²) in [6, 6.07) is 4.65. The zero-order valence-electron chi connectivity index (χ0n) is 10.5. The van der Waals surface area contributed by atoms with Gasteiger partial charge in [-0.2, -0.15) is 0 Å². The van der Waals surface area contributed by atoms with E-state index in [-0.39, 0.29) is 18.4 Å². The van der Waals surface area contributed by atoms with Gasteiger partial charge in [0.15, 0.2) is 5.78 Å². The van der Waals surface area contributed by atoms with Gasteiger partial charge in [-0.15, -0.1) is 19.8 Å². The lowest BCUT2D eigenvalue weighted by Gasteiger charge is -2.36. The summed E-state index contributed by atoms with van der Waals surface area (Å²) in [6.45, 7) is 3.41. The number of fused-ring (bicyclic) bond motifs is 1. The molecule has 108 valence electrons. The largest absolute Gasteiger partial charge is 0.523 e. The van der Waals surface area contributed by atoms with E-state index in [9.17, 15) is 18.0 Å². The third-order valence-electron chi connectivity index (χ3n) is 3.31. The number of alkyl halides is 3. The Labute approximate surface area is 119 Å². The van der Waals surface area contributed by atoms with Crippen LogP contribution in [-0.4, -0.2) is 17.7 Å². The van der Waals surface area contributed by atoms with Crippen LogP contribution in [0.5, 0.6) is 0 Å². The Bertz CT molecular complexity index is 554. The maximum Gasteiger partial charge on any atom is 0.523 e. The van der Waals surface area contributed by atoms with Gasteiger partial charge in [0.1, 0.15) is 5.60 Å². The molecular weight excluding hydrogens is 293 g/mol. The van der Waals surface area contributed by atoms with E-state index >= 15 is 0 Å². The fourth-order valence-corrected chi connectivity index (χ4v) is 2.63. The molecule has 0 fully saturated rings. The molecule has 0 bridgehead atoms. The smallest absolute Gasteiger partial charge is 0.291 e. The maximum atomic E-state index is 12.6. The van der Waals surface area contributed by atoms with Crippen molar-refractivity contribution in [3.8, 4) is 0 Å². The van der Waals surface area contributed by atoms with Crippen molar-refractivity contribution in [1.29, 1.82) is 0 Å². The molecular formula is C14H12ClF3O2. The average Bonchev–Trinajstić information content (AvgIpc) is 2.33. The summed E-state index contributed by atoms with van der Waals surface area (Å²) in [5, 5.41) is 0.304. The molecule has 0 heterocycles. The van der Waals surface area contributed by atoms with Gasteiger partial charge in [-0.3, -0.25) is 9.53 Å². The summed E-state index contributed by atoms with van der Waals surface area (Å²) in [6.07, 6.45) is -3.53. The van der Waals surface area contributed by atoms with Crippen LogP contribution in [0.25, 0.3) is 0 Å². The molecule has 1 unspecified atom stereocenters. The van der Waals surface area contributed by atoms with Crippen LogP contribution in [0.1, 0.15) is 28.8 Å². The molecule has 0 aliphatic heterocycles. The first-order valence-electron chi connectivity index (χ1n) is 5.98. The minimum atomic E-state index is -4.88. The lowest BCUT2D eigenvalue weighted by atomic mass is 9.77. The first-order valence-corrected chi connectivity index (χ1v) is 6.36. The van der Waals surface area contributed by atoms with Gasteiger partial charge in [0, 0.05) is 17.0 Å². The number of ether oxygens (including phenoxy) is 1. The summed E-state index contributed by atoms with van der Waals surface area (Å²) in [5.41, 5.74) is -1.06. The quantitative estimate of drug-likeness (QED) is 0.777. The van der Waals surface area contributed by atoms with Crippen LogP contribution in [-0.2, 0) is 11.2 Å². The maximum absolute atomic E-state index is 12.6. The molecule has 0 spiro atoms. The Morgan fingerprint density at radius 1 is 1.45 bits per heavy atom. The second-order valence-corrected chi connectivity index (χ2v) is 5.10. The Morgan fingerprint density at radius 2 is 2.15 bits per heavy atom. The molecule has 1 aromatic carbocycles. The highest BCUT2D eigenvalue weighted by molar-refractivity contribution is 6.31. The van der Waals surface area contributed by atoms with Crippen LogP contribution < -0.4 is 0 Å². The number of Topliss-reactive ketones (excluding diaryl/α,β-unsaturated/α-hetero) is 1. The molecule has 20 heavy (non-hydrogen) atoms. The van der Waals surface area contributed by atoms with Gasteiger partial charge in [0.05, 0.1) is 0 Å². The second-order valence-electron chi connectivity index (χ2n) is 4.67. The highest BCUT2D eigenvalue weighted by atomic mass is 35.5. The van der Waals surface area contributed by atoms with E-state index in [1.165, 1.54) is 12.1 Å². The topological polar surface area (TPSA) is 26.3 Å². The van der Waals surface area contributed by atoms with Crippen molar-refractivity contribution >= 4 is 17.4 Å². The molecule has 0 radical (unpaired) electrons. The third-order valence-corrected chi connectivity index (χ3v) is 3.55. The Hall–Kier alpha value is -1.33. The monoisotopic (exact) mass is 304 g/mol. The Morgan fingerprint density at radius 3 is 2.75 bits per heavy atom. The van der Waals surface area contributed by atoms with Crippen molar-refractivity contribution in [3.05, 3.63) is 47.0 Å². The van der Waals surface area contributed by atoms with Crippen LogP contribution in [0.15, 0.2) is 30.9 Å². The highest BCUT2D eigenvalue weighted by Gasteiger charge is 2.50. The molecule has 2 nitrogen and oxygen atoms in total. The number of ketones is 1. The first kappa shape index (κ1) is 15.1.